The zero-order chi connectivity index (χ0) is 30.7. The van der Waals surface area contributed by atoms with Crippen LogP contribution < -0.4 is 23.7 Å². The van der Waals surface area contributed by atoms with E-state index in [-0.39, 0.29) is 35.3 Å². The van der Waals surface area contributed by atoms with Gasteiger partial charge in [0.25, 0.3) is 0 Å². The number of carboxylic acids is 1. The molecule has 10 nitrogen and oxygen atoms in total. The van der Waals surface area contributed by atoms with E-state index in [9.17, 15) is 14.7 Å². The van der Waals surface area contributed by atoms with Gasteiger partial charge in [0, 0.05) is 17.6 Å². The van der Waals surface area contributed by atoms with Crippen LogP contribution in [0.2, 0.25) is 0 Å². The largest absolute Gasteiger partial charge is 0.493 e. The summed E-state index contributed by atoms with van der Waals surface area (Å²) in [7, 11) is 1.52. The predicted molar refractivity (Wildman–Crippen MR) is 162 cm³/mol. The number of rotatable bonds is 11. The van der Waals surface area contributed by atoms with Gasteiger partial charge in [-0.2, -0.15) is 8.75 Å². The van der Waals surface area contributed by atoms with Crippen LogP contribution in [0.1, 0.15) is 49.2 Å². The Bertz CT molecular complexity index is 1710. The van der Waals surface area contributed by atoms with E-state index in [1.807, 2.05) is 27.7 Å². The van der Waals surface area contributed by atoms with Gasteiger partial charge >= 0.3 is 5.97 Å². The Morgan fingerprint density at radius 2 is 1.53 bits per heavy atom. The first kappa shape index (κ1) is 29.8. The Kier molecular flexibility index (Phi) is 8.81. The first-order chi connectivity index (χ1) is 20.6. The summed E-state index contributed by atoms with van der Waals surface area (Å²) in [6.45, 7) is 8.32. The van der Waals surface area contributed by atoms with Crippen LogP contribution in [0.4, 0.5) is 0 Å². The molecular weight excluding hydrogens is 572 g/mol. The molecule has 2 heterocycles. The molecule has 0 aliphatic carbocycles. The van der Waals surface area contributed by atoms with Crippen LogP contribution >= 0.6 is 11.7 Å². The van der Waals surface area contributed by atoms with Gasteiger partial charge in [0.2, 0.25) is 5.75 Å². The molecule has 1 aromatic heterocycles. The molecule has 0 amide bonds. The van der Waals surface area contributed by atoms with Crippen molar-refractivity contribution < 1.29 is 38.4 Å². The minimum Gasteiger partial charge on any atom is -0.493 e. The van der Waals surface area contributed by atoms with Crippen molar-refractivity contribution >= 4 is 40.1 Å². The maximum Gasteiger partial charge on any atom is 0.336 e. The standard InChI is InChI=1S/C32H32N2O8S/c1-17(2)41-28-14-19(13-27(38-5)31(28)42-18(3)4)12-22(30(35)21-7-9-25-26(16-21)40-11-10-39-25)29(32(36)37)20-6-8-23-24(15-20)34-43-33-23/h6-9,13-18H,10-12H2,1-5H3,(H,36,37). The van der Waals surface area contributed by atoms with Crippen LogP contribution in [-0.2, 0) is 11.2 Å². The number of ether oxygens (including phenoxy) is 5. The highest BCUT2D eigenvalue weighted by atomic mass is 32.1. The molecule has 224 valence electrons. The zero-order valence-corrected chi connectivity index (χ0v) is 25.3. The Labute approximate surface area is 253 Å². The van der Waals surface area contributed by atoms with Gasteiger partial charge in [-0.3, -0.25) is 4.79 Å². The number of carboxylic acid groups (broad SMARTS) is 1. The maximum absolute atomic E-state index is 14.3. The second kappa shape index (κ2) is 12.7. The molecule has 4 aromatic rings. The van der Waals surface area contributed by atoms with E-state index >= 15 is 0 Å². The number of allylic oxidation sites excluding steroid dienone is 1. The number of aliphatic carboxylic acids is 1. The van der Waals surface area contributed by atoms with E-state index in [1.54, 1.807) is 48.5 Å². The lowest BCUT2D eigenvalue weighted by Gasteiger charge is -2.21. The predicted octanol–water partition coefficient (Wildman–Crippen LogP) is 6.01. The smallest absolute Gasteiger partial charge is 0.336 e. The highest BCUT2D eigenvalue weighted by Gasteiger charge is 2.27. The average molecular weight is 605 g/mol. The summed E-state index contributed by atoms with van der Waals surface area (Å²) in [5, 5.41) is 10.5. The van der Waals surface area contributed by atoms with E-state index in [0.29, 0.717) is 64.1 Å². The Morgan fingerprint density at radius 3 is 2.23 bits per heavy atom. The van der Waals surface area contributed by atoms with Crippen molar-refractivity contribution in [2.24, 2.45) is 0 Å². The van der Waals surface area contributed by atoms with Gasteiger partial charge < -0.3 is 28.8 Å². The zero-order valence-electron chi connectivity index (χ0n) is 24.5. The van der Waals surface area contributed by atoms with Gasteiger partial charge in [-0.15, -0.1) is 0 Å². The fourth-order valence-electron chi connectivity index (χ4n) is 4.79. The van der Waals surface area contributed by atoms with E-state index in [2.05, 4.69) is 8.75 Å². The third-order valence-electron chi connectivity index (χ3n) is 6.53. The fourth-order valence-corrected chi connectivity index (χ4v) is 5.30. The van der Waals surface area contributed by atoms with Gasteiger partial charge in [-0.05, 0) is 81.3 Å². The Balaban J connectivity index is 1.69. The number of aromatic nitrogens is 2. The van der Waals surface area contributed by atoms with E-state index in [0.717, 1.165) is 11.7 Å². The molecule has 3 aromatic carbocycles. The number of carbonyl (C=O) groups excluding carboxylic acids is 1. The van der Waals surface area contributed by atoms with Gasteiger partial charge in [0.1, 0.15) is 24.2 Å². The molecule has 0 radical (unpaired) electrons. The van der Waals surface area contributed by atoms with Crippen molar-refractivity contribution in [2.75, 3.05) is 20.3 Å². The van der Waals surface area contributed by atoms with Crippen molar-refractivity contribution in [3.63, 3.8) is 0 Å². The second-order valence-electron chi connectivity index (χ2n) is 10.4. The molecule has 0 spiro atoms. The fraction of sp³-hybridized carbons (Fsp3) is 0.312. The highest BCUT2D eigenvalue weighted by molar-refractivity contribution is 7.00. The summed E-state index contributed by atoms with van der Waals surface area (Å²) in [6, 6.07) is 13.3. The van der Waals surface area contributed by atoms with Crippen LogP contribution in [0.15, 0.2) is 54.1 Å². The SMILES string of the molecule is COc1cc(CC(C(=O)c2ccc3c(c2)OCCO3)=C(C(=O)O)c2ccc3nsnc3c2)cc(OC(C)C)c1OC(C)C. The van der Waals surface area contributed by atoms with Crippen molar-refractivity contribution in [3.05, 3.63) is 70.8 Å². The Hall–Kier alpha value is -4.64. The third-order valence-corrected chi connectivity index (χ3v) is 7.09. The second-order valence-corrected chi connectivity index (χ2v) is 11.0. The summed E-state index contributed by atoms with van der Waals surface area (Å²) in [5.41, 5.74) is 2.28. The van der Waals surface area contributed by atoms with Crippen LogP contribution in [0.25, 0.3) is 16.6 Å². The molecule has 1 aliphatic heterocycles. The number of carbonyl (C=O) groups is 2. The average Bonchev–Trinajstić information content (AvgIpc) is 3.45. The molecule has 5 rings (SSSR count). The van der Waals surface area contributed by atoms with E-state index < -0.39 is 11.8 Å². The van der Waals surface area contributed by atoms with Crippen molar-refractivity contribution in [1.29, 1.82) is 0 Å². The van der Waals surface area contributed by atoms with Gasteiger partial charge in [-0.1, -0.05) is 6.07 Å². The summed E-state index contributed by atoms with van der Waals surface area (Å²) >= 11 is 1.03. The monoisotopic (exact) mass is 604 g/mol. The molecule has 0 bridgehead atoms. The van der Waals surface area contributed by atoms with Crippen LogP contribution in [-0.4, -0.2) is 58.1 Å². The number of hydrogen-bond acceptors (Lipinski definition) is 10. The molecule has 0 saturated carbocycles. The minimum atomic E-state index is -1.26. The number of ketones is 1. The number of nitrogens with zero attached hydrogens (tertiary/aromatic N) is 2. The lowest BCUT2D eigenvalue weighted by molar-refractivity contribution is -0.130. The molecule has 43 heavy (non-hydrogen) atoms. The van der Waals surface area contributed by atoms with Crippen LogP contribution in [0, 0.1) is 0 Å². The van der Waals surface area contributed by atoms with Gasteiger partial charge in [0.15, 0.2) is 28.8 Å². The maximum atomic E-state index is 14.3. The molecule has 0 fully saturated rings. The van der Waals surface area contributed by atoms with E-state index in [4.69, 9.17) is 23.7 Å². The number of Topliss-reactive ketones (excluding diaryl/α,β-unsaturated/α-hetero) is 1. The minimum absolute atomic E-state index is 0.0466. The summed E-state index contributed by atoms with van der Waals surface area (Å²) in [4.78, 5) is 27.2. The summed E-state index contributed by atoms with van der Waals surface area (Å²) < 4.78 is 37.6. The molecule has 0 unspecified atom stereocenters. The normalized spacial score (nSPS) is 13.2. The number of hydrogen-bond donors (Lipinski definition) is 1. The molecule has 0 saturated heterocycles. The first-order valence-corrected chi connectivity index (χ1v) is 14.5. The van der Waals surface area contributed by atoms with Gasteiger partial charge in [0.05, 0.1) is 36.6 Å². The van der Waals surface area contributed by atoms with E-state index in [1.165, 1.54) is 7.11 Å². The topological polar surface area (TPSA) is 126 Å². The summed E-state index contributed by atoms with van der Waals surface area (Å²) in [5.74, 6) is 0.476. The Morgan fingerprint density at radius 1 is 0.860 bits per heavy atom. The summed E-state index contributed by atoms with van der Waals surface area (Å²) in [6.07, 6.45) is -0.387. The first-order valence-electron chi connectivity index (χ1n) is 13.8. The third kappa shape index (κ3) is 6.56. The van der Waals surface area contributed by atoms with Crippen molar-refractivity contribution in [2.45, 2.75) is 46.3 Å². The lowest BCUT2D eigenvalue weighted by Crippen LogP contribution is -2.17. The number of fused-ring (bicyclic) bond motifs is 2. The van der Waals surface area contributed by atoms with Gasteiger partial charge in [-0.25, -0.2) is 4.79 Å². The quantitative estimate of drug-likeness (QED) is 0.161. The molecule has 11 heteroatoms. The molecular formula is C32H32N2O8S. The van der Waals surface area contributed by atoms with Crippen molar-refractivity contribution in [3.8, 4) is 28.7 Å². The number of methoxy groups -OCH3 is 1. The number of benzene rings is 3. The lowest BCUT2D eigenvalue weighted by atomic mass is 9.89. The molecule has 1 N–H and O–H groups in total. The molecule has 0 atom stereocenters. The van der Waals surface area contributed by atoms with Crippen LogP contribution in [0.3, 0.4) is 0 Å². The van der Waals surface area contributed by atoms with Crippen molar-refractivity contribution in [1.82, 2.24) is 8.75 Å². The molecule has 1 aliphatic rings. The highest BCUT2D eigenvalue weighted by Crippen LogP contribution is 2.41. The van der Waals surface area contributed by atoms with Crippen LogP contribution in [0.5, 0.6) is 28.7 Å².